The van der Waals surface area contributed by atoms with Crippen LogP contribution in [0.3, 0.4) is 0 Å². The van der Waals surface area contributed by atoms with Crippen LogP contribution in [0.2, 0.25) is 0 Å². The second kappa shape index (κ2) is 8.75. The third kappa shape index (κ3) is 5.62. The molecule has 0 amide bonds. The van der Waals surface area contributed by atoms with E-state index in [1.807, 2.05) is 7.05 Å². The lowest BCUT2D eigenvalue weighted by Gasteiger charge is -2.40. The van der Waals surface area contributed by atoms with Crippen LogP contribution in [-0.4, -0.2) is 37.5 Å². The number of likely N-dealkylation sites (tertiary alicyclic amines) is 1. The largest absolute Gasteiger partial charge is 0.416 e. The summed E-state index contributed by atoms with van der Waals surface area (Å²) in [5.41, 5.74) is 6.22. The number of guanidine groups is 1. The number of halogens is 3. The molecule has 0 spiro atoms. The molecule has 4 nitrogen and oxygen atoms in total. The SMILES string of the molecule is CC(C)CN=C(N)NCC1CCCN(C)C1c1ccc(C(F)(F)F)cc1. The second-order valence-corrected chi connectivity index (χ2v) is 7.45. The predicted molar refractivity (Wildman–Crippen MR) is 98.9 cm³/mol. The zero-order chi connectivity index (χ0) is 19.3. The fourth-order valence-corrected chi connectivity index (χ4v) is 3.44. The number of nitrogens with one attached hydrogen (secondary N) is 1. The first-order valence-corrected chi connectivity index (χ1v) is 9.09. The zero-order valence-electron chi connectivity index (χ0n) is 15.7. The highest BCUT2D eigenvalue weighted by molar-refractivity contribution is 5.77. The molecule has 0 bridgehead atoms. The third-order valence-electron chi connectivity index (χ3n) is 4.76. The molecule has 0 saturated carbocycles. The van der Waals surface area contributed by atoms with E-state index in [1.54, 1.807) is 12.1 Å². The van der Waals surface area contributed by atoms with Crippen LogP contribution in [-0.2, 0) is 6.18 Å². The number of alkyl halides is 3. The number of aliphatic imine (C=N–C) groups is 1. The number of hydrogen-bond acceptors (Lipinski definition) is 2. The van der Waals surface area contributed by atoms with Gasteiger partial charge in [-0.05, 0) is 56.0 Å². The Kier molecular flexibility index (Phi) is 6.92. The fourth-order valence-electron chi connectivity index (χ4n) is 3.44. The van der Waals surface area contributed by atoms with E-state index in [9.17, 15) is 13.2 Å². The van der Waals surface area contributed by atoms with Gasteiger partial charge >= 0.3 is 6.18 Å². The van der Waals surface area contributed by atoms with Gasteiger partial charge < -0.3 is 11.1 Å². The van der Waals surface area contributed by atoms with Crippen molar-refractivity contribution in [2.75, 3.05) is 26.7 Å². The Morgan fingerprint density at radius 1 is 1.31 bits per heavy atom. The Morgan fingerprint density at radius 3 is 2.54 bits per heavy atom. The molecule has 2 unspecified atom stereocenters. The molecule has 0 radical (unpaired) electrons. The van der Waals surface area contributed by atoms with Gasteiger partial charge in [-0.15, -0.1) is 0 Å². The first-order chi connectivity index (χ1) is 12.2. The molecule has 1 aromatic rings. The summed E-state index contributed by atoms with van der Waals surface area (Å²) in [6, 6.07) is 5.59. The Labute approximate surface area is 153 Å². The molecular weight excluding hydrogens is 341 g/mol. The van der Waals surface area contributed by atoms with Gasteiger partial charge in [0.15, 0.2) is 5.96 Å². The van der Waals surface area contributed by atoms with Gasteiger partial charge in [0.05, 0.1) is 5.56 Å². The van der Waals surface area contributed by atoms with Gasteiger partial charge in [0, 0.05) is 19.1 Å². The fraction of sp³-hybridized carbons (Fsp3) is 0.632. The highest BCUT2D eigenvalue weighted by Crippen LogP contribution is 2.36. The van der Waals surface area contributed by atoms with E-state index in [0.717, 1.165) is 24.9 Å². The normalized spacial score (nSPS) is 22.7. The van der Waals surface area contributed by atoms with E-state index in [0.29, 0.717) is 25.0 Å². The molecule has 1 saturated heterocycles. The van der Waals surface area contributed by atoms with Crippen LogP contribution in [0.1, 0.15) is 43.9 Å². The van der Waals surface area contributed by atoms with Crippen LogP contribution in [0.25, 0.3) is 0 Å². The molecule has 1 heterocycles. The summed E-state index contributed by atoms with van der Waals surface area (Å²) in [6.45, 7) is 6.41. The van der Waals surface area contributed by atoms with Gasteiger partial charge in [-0.3, -0.25) is 9.89 Å². The van der Waals surface area contributed by atoms with E-state index in [4.69, 9.17) is 5.73 Å². The molecule has 1 fully saturated rings. The quantitative estimate of drug-likeness (QED) is 0.614. The average molecular weight is 370 g/mol. The maximum atomic E-state index is 12.8. The monoisotopic (exact) mass is 370 g/mol. The molecule has 0 aliphatic carbocycles. The number of piperidine rings is 1. The van der Waals surface area contributed by atoms with E-state index >= 15 is 0 Å². The van der Waals surface area contributed by atoms with Crippen molar-refractivity contribution in [2.45, 2.75) is 38.9 Å². The summed E-state index contributed by atoms with van der Waals surface area (Å²) >= 11 is 0. The van der Waals surface area contributed by atoms with Crippen molar-refractivity contribution in [3.05, 3.63) is 35.4 Å². The number of nitrogens with two attached hydrogens (primary N) is 1. The maximum absolute atomic E-state index is 12.8. The number of benzene rings is 1. The Bertz CT molecular complexity index is 596. The summed E-state index contributed by atoms with van der Waals surface area (Å²) < 4.78 is 38.4. The molecular formula is C19H29F3N4. The van der Waals surface area contributed by atoms with Crippen molar-refractivity contribution in [3.63, 3.8) is 0 Å². The van der Waals surface area contributed by atoms with Crippen LogP contribution in [0, 0.1) is 11.8 Å². The van der Waals surface area contributed by atoms with E-state index in [1.165, 1.54) is 12.1 Å². The standard InChI is InChI=1S/C19H29F3N4/c1-13(2)11-24-18(23)25-12-15-5-4-10-26(3)17(15)14-6-8-16(9-7-14)19(20,21)22/h6-9,13,15,17H,4-5,10-12H2,1-3H3,(H3,23,24,25). The van der Waals surface area contributed by atoms with E-state index in [2.05, 4.69) is 29.1 Å². The molecule has 0 aromatic heterocycles. The van der Waals surface area contributed by atoms with Crippen LogP contribution in [0.15, 0.2) is 29.3 Å². The molecule has 146 valence electrons. The van der Waals surface area contributed by atoms with Crippen molar-refractivity contribution in [2.24, 2.45) is 22.6 Å². The summed E-state index contributed by atoms with van der Waals surface area (Å²) in [7, 11) is 2.02. The number of hydrogen-bond donors (Lipinski definition) is 2. The van der Waals surface area contributed by atoms with Crippen LogP contribution in [0.4, 0.5) is 13.2 Å². The molecule has 1 aromatic carbocycles. The van der Waals surface area contributed by atoms with Gasteiger partial charge in [0.2, 0.25) is 0 Å². The highest BCUT2D eigenvalue weighted by atomic mass is 19.4. The van der Waals surface area contributed by atoms with E-state index in [-0.39, 0.29) is 12.0 Å². The predicted octanol–water partition coefficient (Wildman–Crippen LogP) is 3.65. The van der Waals surface area contributed by atoms with Gasteiger partial charge in [-0.25, -0.2) is 0 Å². The minimum Gasteiger partial charge on any atom is -0.370 e. The first-order valence-electron chi connectivity index (χ1n) is 9.09. The van der Waals surface area contributed by atoms with Gasteiger partial charge in [-0.1, -0.05) is 26.0 Å². The molecule has 26 heavy (non-hydrogen) atoms. The van der Waals surface area contributed by atoms with Crippen molar-refractivity contribution in [1.82, 2.24) is 10.2 Å². The lowest BCUT2D eigenvalue weighted by molar-refractivity contribution is -0.137. The lowest BCUT2D eigenvalue weighted by Crippen LogP contribution is -2.43. The summed E-state index contributed by atoms with van der Waals surface area (Å²) in [4.78, 5) is 6.52. The van der Waals surface area contributed by atoms with Crippen molar-refractivity contribution in [1.29, 1.82) is 0 Å². The van der Waals surface area contributed by atoms with Crippen LogP contribution in [0.5, 0.6) is 0 Å². The van der Waals surface area contributed by atoms with Crippen molar-refractivity contribution < 1.29 is 13.2 Å². The lowest BCUT2D eigenvalue weighted by atomic mass is 9.84. The Balaban J connectivity index is 2.09. The number of rotatable bonds is 5. The summed E-state index contributed by atoms with van der Waals surface area (Å²) in [5.74, 6) is 1.13. The second-order valence-electron chi connectivity index (χ2n) is 7.45. The topological polar surface area (TPSA) is 53.6 Å². The summed E-state index contributed by atoms with van der Waals surface area (Å²) in [5, 5.41) is 3.18. The van der Waals surface area contributed by atoms with Crippen LogP contribution >= 0.6 is 0 Å². The van der Waals surface area contributed by atoms with E-state index < -0.39 is 11.7 Å². The van der Waals surface area contributed by atoms with Gasteiger partial charge in [0.25, 0.3) is 0 Å². The van der Waals surface area contributed by atoms with Crippen molar-refractivity contribution in [3.8, 4) is 0 Å². The smallest absolute Gasteiger partial charge is 0.370 e. The van der Waals surface area contributed by atoms with Crippen LogP contribution < -0.4 is 11.1 Å². The van der Waals surface area contributed by atoms with Gasteiger partial charge in [0.1, 0.15) is 0 Å². The molecule has 1 aliphatic rings. The highest BCUT2D eigenvalue weighted by Gasteiger charge is 2.33. The molecule has 1 aliphatic heterocycles. The first kappa shape index (κ1) is 20.6. The summed E-state index contributed by atoms with van der Waals surface area (Å²) in [6.07, 6.45) is -2.25. The Hall–Kier alpha value is -1.76. The van der Waals surface area contributed by atoms with Gasteiger partial charge in [-0.2, -0.15) is 13.2 Å². The third-order valence-corrected chi connectivity index (χ3v) is 4.76. The Morgan fingerprint density at radius 2 is 1.96 bits per heavy atom. The maximum Gasteiger partial charge on any atom is 0.416 e. The average Bonchev–Trinajstić information content (AvgIpc) is 2.57. The zero-order valence-corrected chi connectivity index (χ0v) is 15.7. The number of nitrogens with zero attached hydrogens (tertiary/aromatic N) is 2. The molecule has 2 atom stereocenters. The van der Waals surface area contributed by atoms with Crippen molar-refractivity contribution >= 4 is 5.96 Å². The molecule has 2 rings (SSSR count). The minimum atomic E-state index is -4.31. The molecule has 7 heteroatoms. The molecule has 3 N–H and O–H groups in total. The minimum absolute atomic E-state index is 0.0661.